The highest BCUT2D eigenvalue weighted by atomic mass is 35.5. The molecule has 0 N–H and O–H groups in total. The van der Waals surface area contributed by atoms with Crippen molar-refractivity contribution in [1.29, 1.82) is 5.26 Å². The Morgan fingerprint density at radius 1 is 1.38 bits per heavy atom. The van der Waals surface area contributed by atoms with Gasteiger partial charge in [0.15, 0.2) is 5.78 Å². The number of nitrogens with zero attached hydrogens (tertiary/aromatic N) is 2. The molecule has 1 aromatic rings. The Morgan fingerprint density at radius 3 is 2.62 bits per heavy atom. The third kappa shape index (κ3) is 2.61. The van der Waals surface area contributed by atoms with Crippen LogP contribution in [0.5, 0.6) is 0 Å². The molecule has 0 saturated carbocycles. The van der Waals surface area contributed by atoms with E-state index in [2.05, 4.69) is 0 Å². The lowest BCUT2D eigenvalue weighted by molar-refractivity contribution is -0.127. The zero-order valence-electron chi connectivity index (χ0n) is 13.4. The van der Waals surface area contributed by atoms with Crippen LogP contribution in [0, 0.1) is 28.0 Å². The van der Waals surface area contributed by atoms with Gasteiger partial charge in [0.05, 0.1) is 11.1 Å². The first-order valence-electron chi connectivity index (χ1n) is 7.60. The van der Waals surface area contributed by atoms with Crippen LogP contribution in [-0.2, 0) is 4.79 Å². The minimum atomic E-state index is -0.652. The van der Waals surface area contributed by atoms with Crippen LogP contribution < -0.4 is 0 Å². The molecule has 1 saturated heterocycles. The third-order valence-electron chi connectivity index (χ3n) is 4.68. The molecular weight excluding hydrogens is 331 g/mol. The minimum absolute atomic E-state index is 0.0233. The van der Waals surface area contributed by atoms with Crippen LogP contribution in [0.1, 0.15) is 30.6 Å². The summed E-state index contributed by atoms with van der Waals surface area (Å²) in [5, 5.41) is 9.41. The number of hydrogen-bond acceptors (Lipinski definition) is 3. The van der Waals surface area contributed by atoms with E-state index in [0.717, 1.165) is 6.07 Å². The second kappa shape index (κ2) is 5.42. The highest BCUT2D eigenvalue weighted by Gasteiger charge is 2.52. The maximum Gasteiger partial charge on any atom is 0.256 e. The summed E-state index contributed by atoms with van der Waals surface area (Å²) in [5.41, 5.74) is -0.900. The molecule has 1 aliphatic heterocycles. The first-order valence-corrected chi connectivity index (χ1v) is 7.97. The average molecular weight is 347 g/mol. The van der Waals surface area contributed by atoms with E-state index in [1.165, 1.54) is 17.0 Å². The monoisotopic (exact) mass is 346 g/mol. The van der Waals surface area contributed by atoms with Crippen molar-refractivity contribution in [3.63, 3.8) is 0 Å². The number of nitriles is 1. The van der Waals surface area contributed by atoms with E-state index in [4.69, 9.17) is 11.6 Å². The summed E-state index contributed by atoms with van der Waals surface area (Å²) in [4.78, 5) is 26.2. The number of likely N-dealkylation sites (tertiary alicyclic amines) is 1. The summed E-state index contributed by atoms with van der Waals surface area (Å²) in [5.74, 6) is -1.22. The van der Waals surface area contributed by atoms with Crippen molar-refractivity contribution in [2.45, 2.75) is 20.3 Å². The topological polar surface area (TPSA) is 61.2 Å². The van der Waals surface area contributed by atoms with Crippen molar-refractivity contribution in [2.24, 2.45) is 10.8 Å². The van der Waals surface area contributed by atoms with Crippen molar-refractivity contribution in [2.75, 3.05) is 13.1 Å². The number of allylic oxidation sites excluding steroid dienone is 1. The number of hydrogen-bond donors (Lipinski definition) is 0. The first-order chi connectivity index (χ1) is 11.2. The summed E-state index contributed by atoms with van der Waals surface area (Å²) < 4.78 is 13.9. The Bertz CT molecular complexity index is 817. The second-order valence-corrected chi connectivity index (χ2v) is 7.64. The van der Waals surface area contributed by atoms with Crippen molar-refractivity contribution in [3.05, 3.63) is 46.3 Å². The molecular formula is C18H16ClFN2O2. The molecule has 1 heterocycles. The fourth-order valence-corrected chi connectivity index (χ4v) is 3.88. The maximum atomic E-state index is 13.9. The summed E-state index contributed by atoms with van der Waals surface area (Å²) in [6.07, 6.45) is 2.25. The van der Waals surface area contributed by atoms with Gasteiger partial charge in [-0.2, -0.15) is 5.26 Å². The Balaban J connectivity index is 1.82. The Hall–Kier alpha value is -2.19. The zero-order valence-corrected chi connectivity index (χ0v) is 14.2. The summed E-state index contributed by atoms with van der Waals surface area (Å²) in [6, 6.07) is 5.92. The molecule has 1 amide bonds. The number of rotatable bonds is 1. The standard InChI is InChI=1S/C18H16ClFN2O2/c1-17(2)8-18(6-11(7-21)15(17)23)9-22(10-18)16(24)13-4-3-12(19)5-14(13)20/h3-6H,8-10H2,1-2H3. The largest absolute Gasteiger partial charge is 0.337 e. The van der Waals surface area contributed by atoms with Crippen LogP contribution in [0.15, 0.2) is 29.8 Å². The number of amides is 1. The molecule has 0 unspecified atom stereocenters. The molecule has 2 aliphatic rings. The normalized spacial score (nSPS) is 21.0. The quantitative estimate of drug-likeness (QED) is 0.783. The van der Waals surface area contributed by atoms with Gasteiger partial charge in [-0.3, -0.25) is 9.59 Å². The Morgan fingerprint density at radius 2 is 2.04 bits per heavy atom. The van der Waals surface area contributed by atoms with E-state index in [9.17, 15) is 19.2 Å². The molecule has 0 bridgehead atoms. The lowest BCUT2D eigenvalue weighted by Crippen LogP contribution is -2.61. The van der Waals surface area contributed by atoms with Gasteiger partial charge >= 0.3 is 0 Å². The number of benzene rings is 1. The van der Waals surface area contributed by atoms with E-state index in [1.807, 2.05) is 19.9 Å². The van der Waals surface area contributed by atoms with Gasteiger partial charge in [0.1, 0.15) is 11.9 Å². The molecule has 0 atom stereocenters. The Labute approximate surface area is 144 Å². The van der Waals surface area contributed by atoms with E-state index in [-0.39, 0.29) is 27.4 Å². The zero-order chi connectivity index (χ0) is 17.7. The van der Waals surface area contributed by atoms with Crippen LogP contribution in [0.4, 0.5) is 4.39 Å². The van der Waals surface area contributed by atoms with E-state index >= 15 is 0 Å². The molecule has 1 aliphatic carbocycles. The van der Waals surface area contributed by atoms with Crippen molar-refractivity contribution in [3.8, 4) is 6.07 Å². The first kappa shape index (κ1) is 16.7. The predicted molar refractivity (Wildman–Crippen MR) is 86.8 cm³/mol. The van der Waals surface area contributed by atoms with Gasteiger partial charge in [-0.15, -0.1) is 0 Å². The fourth-order valence-electron chi connectivity index (χ4n) is 3.72. The molecule has 4 nitrogen and oxygen atoms in total. The number of carbonyl (C=O) groups excluding carboxylic acids is 2. The number of carbonyl (C=O) groups is 2. The second-order valence-electron chi connectivity index (χ2n) is 7.21. The molecule has 124 valence electrons. The molecule has 6 heteroatoms. The highest BCUT2D eigenvalue weighted by molar-refractivity contribution is 6.30. The van der Waals surface area contributed by atoms with Crippen LogP contribution in [0.3, 0.4) is 0 Å². The molecule has 0 radical (unpaired) electrons. The maximum absolute atomic E-state index is 13.9. The van der Waals surface area contributed by atoms with Gasteiger partial charge in [-0.1, -0.05) is 31.5 Å². The number of Topliss-reactive ketones (excluding diaryl/α,β-unsaturated/α-hetero) is 1. The molecule has 0 aromatic heterocycles. The van der Waals surface area contributed by atoms with Crippen molar-refractivity contribution in [1.82, 2.24) is 4.90 Å². The molecule has 3 rings (SSSR count). The number of ketones is 1. The van der Waals surface area contributed by atoms with Gasteiger partial charge in [-0.05, 0) is 24.6 Å². The van der Waals surface area contributed by atoms with Crippen LogP contribution in [-0.4, -0.2) is 29.7 Å². The van der Waals surface area contributed by atoms with Gasteiger partial charge in [0, 0.05) is 28.9 Å². The highest BCUT2D eigenvalue weighted by Crippen LogP contribution is 2.48. The SMILES string of the molecule is CC1(C)CC2(C=C(C#N)C1=O)CN(C(=O)c1ccc(Cl)cc1F)C2. The van der Waals surface area contributed by atoms with Gasteiger partial charge < -0.3 is 4.90 Å². The average Bonchev–Trinajstić information content (AvgIpc) is 2.47. The molecule has 1 fully saturated rings. The summed E-state index contributed by atoms with van der Waals surface area (Å²) >= 11 is 5.71. The smallest absolute Gasteiger partial charge is 0.256 e. The Kier molecular flexibility index (Phi) is 3.76. The van der Waals surface area contributed by atoms with E-state index in [1.54, 1.807) is 6.08 Å². The lowest BCUT2D eigenvalue weighted by atomic mass is 9.61. The predicted octanol–water partition coefficient (Wildman–Crippen LogP) is 3.37. The van der Waals surface area contributed by atoms with Crippen LogP contribution in [0.2, 0.25) is 5.02 Å². The lowest BCUT2D eigenvalue weighted by Gasteiger charge is -2.53. The molecule has 1 aromatic carbocycles. The van der Waals surface area contributed by atoms with Gasteiger partial charge in [0.25, 0.3) is 5.91 Å². The van der Waals surface area contributed by atoms with Crippen LogP contribution in [0.25, 0.3) is 0 Å². The summed E-state index contributed by atoms with van der Waals surface area (Å²) in [7, 11) is 0. The van der Waals surface area contributed by atoms with E-state index < -0.39 is 17.1 Å². The van der Waals surface area contributed by atoms with Crippen LogP contribution >= 0.6 is 11.6 Å². The molecule has 1 spiro atoms. The fraction of sp³-hybridized carbons (Fsp3) is 0.389. The summed E-state index contributed by atoms with van der Waals surface area (Å²) in [6.45, 7) is 4.36. The molecule has 24 heavy (non-hydrogen) atoms. The van der Waals surface area contributed by atoms with Gasteiger partial charge in [0.2, 0.25) is 0 Å². The minimum Gasteiger partial charge on any atom is -0.337 e. The van der Waals surface area contributed by atoms with Gasteiger partial charge in [-0.25, -0.2) is 4.39 Å². The third-order valence-corrected chi connectivity index (χ3v) is 4.92. The van der Waals surface area contributed by atoms with E-state index in [0.29, 0.717) is 19.5 Å². The number of halogens is 2. The van der Waals surface area contributed by atoms with Crippen molar-refractivity contribution < 1.29 is 14.0 Å². The van der Waals surface area contributed by atoms with Crippen molar-refractivity contribution >= 4 is 23.3 Å².